The number of hydrogen-bond acceptors (Lipinski definition) is 5. The SMILES string of the molecule is CCN(CC)c1ccc(-c2nnc(SCC(=O)N(C)Cc3ccc(F)cc3)n2CC)cc1. The van der Waals surface area contributed by atoms with Gasteiger partial charge in [0.1, 0.15) is 5.82 Å². The monoisotopic (exact) mass is 455 g/mol. The second kappa shape index (κ2) is 11.1. The van der Waals surface area contributed by atoms with E-state index < -0.39 is 0 Å². The van der Waals surface area contributed by atoms with Crippen molar-refractivity contribution in [2.45, 2.75) is 39.0 Å². The summed E-state index contributed by atoms with van der Waals surface area (Å²) in [6.45, 7) is 9.41. The molecule has 3 aromatic rings. The number of halogens is 1. The van der Waals surface area contributed by atoms with Gasteiger partial charge < -0.3 is 14.4 Å². The Morgan fingerprint density at radius 3 is 2.25 bits per heavy atom. The van der Waals surface area contributed by atoms with Crippen LogP contribution >= 0.6 is 11.8 Å². The standard InChI is InChI=1S/C24H30FN5OS/c1-5-29(6-2)21-14-10-19(11-15-21)23-26-27-24(30(23)7-3)32-17-22(31)28(4)16-18-8-12-20(25)13-9-18/h8-15H,5-7,16-17H2,1-4H3. The Labute approximate surface area is 193 Å². The number of hydrogen-bond donors (Lipinski definition) is 0. The predicted molar refractivity (Wildman–Crippen MR) is 128 cm³/mol. The molecule has 1 heterocycles. The summed E-state index contributed by atoms with van der Waals surface area (Å²) in [5.74, 6) is 0.760. The Morgan fingerprint density at radius 1 is 1.00 bits per heavy atom. The number of nitrogens with zero attached hydrogens (tertiary/aromatic N) is 5. The first-order valence-electron chi connectivity index (χ1n) is 10.9. The Balaban J connectivity index is 1.65. The molecule has 0 bridgehead atoms. The first-order valence-corrected chi connectivity index (χ1v) is 11.8. The number of carbonyl (C=O) groups excluding carboxylic acids is 1. The predicted octanol–water partition coefficient (Wildman–Crippen LogP) is 4.70. The number of aromatic nitrogens is 3. The van der Waals surface area contributed by atoms with E-state index in [2.05, 4.69) is 53.2 Å². The molecule has 0 aliphatic heterocycles. The van der Waals surface area contributed by atoms with Gasteiger partial charge in [-0.3, -0.25) is 4.79 Å². The van der Waals surface area contributed by atoms with Crippen molar-refractivity contribution in [3.63, 3.8) is 0 Å². The van der Waals surface area contributed by atoms with E-state index in [-0.39, 0.29) is 17.5 Å². The highest BCUT2D eigenvalue weighted by atomic mass is 32.2. The van der Waals surface area contributed by atoms with Crippen LogP contribution in [0, 0.1) is 5.82 Å². The molecule has 0 aliphatic carbocycles. The normalized spacial score (nSPS) is 10.9. The van der Waals surface area contributed by atoms with Crippen molar-refractivity contribution in [2.24, 2.45) is 0 Å². The Bertz CT molecular complexity index is 1020. The van der Waals surface area contributed by atoms with Crippen molar-refractivity contribution < 1.29 is 9.18 Å². The van der Waals surface area contributed by atoms with E-state index in [9.17, 15) is 9.18 Å². The van der Waals surface area contributed by atoms with E-state index in [1.165, 1.54) is 29.6 Å². The van der Waals surface area contributed by atoms with E-state index in [0.29, 0.717) is 13.1 Å². The van der Waals surface area contributed by atoms with Gasteiger partial charge in [-0.05, 0) is 62.7 Å². The molecular weight excluding hydrogens is 425 g/mol. The molecule has 0 saturated carbocycles. The number of benzene rings is 2. The van der Waals surface area contributed by atoms with Gasteiger partial charge in [0.15, 0.2) is 11.0 Å². The summed E-state index contributed by atoms with van der Waals surface area (Å²) in [6, 6.07) is 14.6. The molecule has 2 aromatic carbocycles. The first-order chi connectivity index (χ1) is 15.5. The first kappa shape index (κ1) is 23.8. The summed E-state index contributed by atoms with van der Waals surface area (Å²) in [7, 11) is 1.75. The van der Waals surface area contributed by atoms with Crippen LogP contribution < -0.4 is 4.90 Å². The molecule has 0 N–H and O–H groups in total. The maximum absolute atomic E-state index is 13.1. The second-order valence-electron chi connectivity index (χ2n) is 7.43. The molecule has 32 heavy (non-hydrogen) atoms. The zero-order valence-electron chi connectivity index (χ0n) is 19.1. The summed E-state index contributed by atoms with van der Waals surface area (Å²) in [4.78, 5) is 16.5. The van der Waals surface area contributed by atoms with Gasteiger partial charge in [0, 0.05) is 44.5 Å². The minimum atomic E-state index is -0.282. The van der Waals surface area contributed by atoms with Gasteiger partial charge in [-0.15, -0.1) is 10.2 Å². The Morgan fingerprint density at radius 2 is 1.66 bits per heavy atom. The number of rotatable bonds is 10. The van der Waals surface area contributed by atoms with Crippen molar-refractivity contribution in [1.82, 2.24) is 19.7 Å². The zero-order valence-corrected chi connectivity index (χ0v) is 19.9. The maximum atomic E-state index is 13.1. The van der Waals surface area contributed by atoms with Crippen LogP contribution in [-0.2, 0) is 17.9 Å². The summed E-state index contributed by atoms with van der Waals surface area (Å²) in [5, 5.41) is 9.44. The van der Waals surface area contributed by atoms with Crippen LogP contribution in [0.3, 0.4) is 0 Å². The third-order valence-corrected chi connectivity index (χ3v) is 6.32. The highest BCUT2D eigenvalue weighted by molar-refractivity contribution is 7.99. The lowest BCUT2D eigenvalue weighted by Crippen LogP contribution is -2.27. The van der Waals surface area contributed by atoms with Crippen LogP contribution in [0.4, 0.5) is 10.1 Å². The summed E-state index contributed by atoms with van der Waals surface area (Å²) < 4.78 is 15.1. The van der Waals surface area contributed by atoms with Gasteiger partial charge in [-0.25, -0.2) is 4.39 Å². The summed E-state index contributed by atoms with van der Waals surface area (Å²) >= 11 is 1.38. The number of thioether (sulfide) groups is 1. The van der Waals surface area contributed by atoms with Gasteiger partial charge in [0.05, 0.1) is 5.75 Å². The summed E-state index contributed by atoms with van der Waals surface area (Å²) in [6.07, 6.45) is 0. The van der Waals surface area contributed by atoms with E-state index in [1.54, 1.807) is 24.1 Å². The molecule has 1 amide bonds. The smallest absolute Gasteiger partial charge is 0.233 e. The zero-order chi connectivity index (χ0) is 23.1. The van der Waals surface area contributed by atoms with E-state index in [0.717, 1.165) is 35.2 Å². The fourth-order valence-electron chi connectivity index (χ4n) is 3.49. The molecule has 0 radical (unpaired) electrons. The molecular formula is C24H30FN5OS. The van der Waals surface area contributed by atoms with Crippen LogP contribution in [0.5, 0.6) is 0 Å². The van der Waals surface area contributed by atoms with Crippen molar-refractivity contribution in [1.29, 1.82) is 0 Å². The fraction of sp³-hybridized carbons (Fsp3) is 0.375. The molecule has 0 fully saturated rings. The highest BCUT2D eigenvalue weighted by Gasteiger charge is 2.17. The molecule has 8 heteroatoms. The van der Waals surface area contributed by atoms with Crippen molar-refractivity contribution in [3.8, 4) is 11.4 Å². The average molecular weight is 456 g/mol. The van der Waals surface area contributed by atoms with Crippen molar-refractivity contribution in [3.05, 3.63) is 59.9 Å². The van der Waals surface area contributed by atoms with E-state index in [1.807, 2.05) is 11.5 Å². The lowest BCUT2D eigenvalue weighted by molar-refractivity contribution is -0.127. The van der Waals surface area contributed by atoms with Crippen molar-refractivity contribution in [2.75, 3.05) is 30.8 Å². The van der Waals surface area contributed by atoms with E-state index >= 15 is 0 Å². The van der Waals surface area contributed by atoms with Gasteiger partial charge in [-0.2, -0.15) is 0 Å². The molecule has 0 atom stereocenters. The van der Waals surface area contributed by atoms with Gasteiger partial charge >= 0.3 is 0 Å². The topological polar surface area (TPSA) is 54.3 Å². The lowest BCUT2D eigenvalue weighted by atomic mass is 10.2. The maximum Gasteiger partial charge on any atom is 0.233 e. The quantitative estimate of drug-likeness (QED) is 0.415. The minimum absolute atomic E-state index is 0.0184. The van der Waals surface area contributed by atoms with Crippen LogP contribution in [0.25, 0.3) is 11.4 Å². The molecule has 0 unspecified atom stereocenters. The lowest BCUT2D eigenvalue weighted by Gasteiger charge is -2.21. The minimum Gasteiger partial charge on any atom is -0.372 e. The highest BCUT2D eigenvalue weighted by Crippen LogP contribution is 2.26. The van der Waals surface area contributed by atoms with Gasteiger partial charge in [0.25, 0.3) is 0 Å². The third-order valence-electron chi connectivity index (χ3n) is 5.37. The van der Waals surface area contributed by atoms with Gasteiger partial charge in [0.2, 0.25) is 5.91 Å². The number of amides is 1. The Kier molecular flexibility index (Phi) is 8.27. The van der Waals surface area contributed by atoms with Gasteiger partial charge in [-0.1, -0.05) is 23.9 Å². The van der Waals surface area contributed by atoms with Crippen LogP contribution in [0.15, 0.2) is 53.7 Å². The van der Waals surface area contributed by atoms with Crippen LogP contribution in [0.1, 0.15) is 26.3 Å². The fourth-order valence-corrected chi connectivity index (χ4v) is 4.44. The molecule has 0 aliphatic rings. The van der Waals surface area contributed by atoms with Crippen LogP contribution in [0.2, 0.25) is 0 Å². The molecule has 0 spiro atoms. The third kappa shape index (κ3) is 5.68. The molecule has 1 aromatic heterocycles. The molecule has 3 rings (SSSR count). The van der Waals surface area contributed by atoms with Crippen LogP contribution in [-0.4, -0.2) is 51.5 Å². The van der Waals surface area contributed by atoms with E-state index in [4.69, 9.17) is 0 Å². The number of carbonyl (C=O) groups is 1. The Hall–Kier alpha value is -2.87. The van der Waals surface area contributed by atoms with Crippen molar-refractivity contribution >= 4 is 23.4 Å². The largest absolute Gasteiger partial charge is 0.372 e. The molecule has 0 saturated heterocycles. The molecule has 6 nitrogen and oxygen atoms in total. The second-order valence-corrected chi connectivity index (χ2v) is 8.38. The number of anilines is 1. The molecule has 170 valence electrons. The average Bonchev–Trinajstić information content (AvgIpc) is 3.23. The summed E-state index contributed by atoms with van der Waals surface area (Å²) in [5.41, 5.74) is 3.08.